The lowest BCUT2D eigenvalue weighted by Crippen LogP contribution is -2.11. The highest BCUT2D eigenvalue weighted by Gasteiger charge is 2.03. The van der Waals surface area contributed by atoms with Crippen molar-refractivity contribution in [2.45, 2.75) is 11.3 Å². The Morgan fingerprint density at radius 3 is 2.75 bits per heavy atom. The molecule has 2 rings (SSSR count). The molecule has 0 atom stereocenters. The van der Waals surface area contributed by atoms with Crippen LogP contribution in [-0.4, -0.2) is 16.8 Å². The van der Waals surface area contributed by atoms with Gasteiger partial charge in [-0.25, -0.2) is 0 Å². The molecule has 0 bridgehead atoms. The van der Waals surface area contributed by atoms with Crippen LogP contribution in [0.4, 0.5) is 5.69 Å². The lowest BCUT2D eigenvalue weighted by Gasteiger charge is -2.05. The fourth-order valence-corrected chi connectivity index (χ4v) is 2.72. The highest BCUT2D eigenvalue weighted by molar-refractivity contribution is 7.99. The Hall–Kier alpha value is -1.65. The Morgan fingerprint density at radius 2 is 2.00 bits per heavy atom. The van der Waals surface area contributed by atoms with E-state index in [-0.39, 0.29) is 11.7 Å². The van der Waals surface area contributed by atoms with E-state index in [1.165, 1.54) is 11.8 Å². The molecule has 2 N–H and O–H groups in total. The summed E-state index contributed by atoms with van der Waals surface area (Å²) < 4.78 is 0. The number of phenols is 1. The van der Waals surface area contributed by atoms with E-state index in [0.29, 0.717) is 22.9 Å². The molecule has 0 unspecified atom stereocenters. The topological polar surface area (TPSA) is 49.3 Å². The number of carbonyl (C=O) groups is 1. The quantitative estimate of drug-likeness (QED) is 0.815. The summed E-state index contributed by atoms with van der Waals surface area (Å²) in [5, 5.41) is 12.7. The molecule has 0 aliphatic heterocycles. The zero-order chi connectivity index (χ0) is 14.4. The molecule has 0 aliphatic rings. The maximum Gasteiger partial charge on any atom is 0.225 e. The molecule has 0 heterocycles. The second kappa shape index (κ2) is 7.22. The molecule has 0 radical (unpaired) electrons. The summed E-state index contributed by atoms with van der Waals surface area (Å²) >= 11 is 7.38. The maximum atomic E-state index is 11.8. The zero-order valence-electron chi connectivity index (χ0n) is 10.7. The van der Waals surface area contributed by atoms with Crippen LogP contribution in [0.2, 0.25) is 5.02 Å². The Bertz CT molecular complexity index is 604. The Morgan fingerprint density at radius 1 is 1.20 bits per heavy atom. The zero-order valence-corrected chi connectivity index (χ0v) is 12.2. The van der Waals surface area contributed by atoms with Crippen molar-refractivity contribution < 1.29 is 9.90 Å². The Kier molecular flexibility index (Phi) is 5.32. The van der Waals surface area contributed by atoms with E-state index >= 15 is 0 Å². The first kappa shape index (κ1) is 14.8. The number of aromatic hydroxyl groups is 1. The minimum Gasteiger partial charge on any atom is -0.508 e. The second-order valence-electron chi connectivity index (χ2n) is 4.15. The minimum atomic E-state index is -0.0556. The van der Waals surface area contributed by atoms with Gasteiger partial charge in [0.05, 0.1) is 0 Å². The first-order chi connectivity index (χ1) is 9.63. The van der Waals surface area contributed by atoms with E-state index in [9.17, 15) is 9.90 Å². The molecule has 2 aromatic rings. The van der Waals surface area contributed by atoms with E-state index in [1.807, 2.05) is 6.07 Å². The lowest BCUT2D eigenvalue weighted by atomic mass is 10.3. The Balaban J connectivity index is 1.78. The number of anilines is 1. The van der Waals surface area contributed by atoms with Gasteiger partial charge in [0.25, 0.3) is 0 Å². The molecule has 0 saturated carbocycles. The first-order valence-corrected chi connectivity index (χ1v) is 7.47. The largest absolute Gasteiger partial charge is 0.508 e. The average Bonchev–Trinajstić information content (AvgIpc) is 2.38. The maximum absolute atomic E-state index is 11.8. The fourth-order valence-electron chi connectivity index (χ4n) is 1.62. The Labute approximate surface area is 127 Å². The van der Waals surface area contributed by atoms with Crippen molar-refractivity contribution in [1.29, 1.82) is 0 Å². The molecular formula is C15H14ClNO2S. The molecule has 1 amide bonds. The van der Waals surface area contributed by atoms with Gasteiger partial charge in [0.2, 0.25) is 5.91 Å². The smallest absolute Gasteiger partial charge is 0.225 e. The fraction of sp³-hybridized carbons (Fsp3) is 0.133. The summed E-state index contributed by atoms with van der Waals surface area (Å²) in [5.74, 6) is 0.828. The summed E-state index contributed by atoms with van der Waals surface area (Å²) in [7, 11) is 0. The minimum absolute atomic E-state index is 0.0556. The van der Waals surface area contributed by atoms with Crippen LogP contribution in [0.3, 0.4) is 0 Å². The molecule has 0 fully saturated rings. The van der Waals surface area contributed by atoms with E-state index in [0.717, 1.165) is 4.90 Å². The number of hydrogen-bond donors (Lipinski definition) is 2. The predicted octanol–water partition coefficient (Wildman–Crippen LogP) is 4.17. The van der Waals surface area contributed by atoms with Gasteiger partial charge >= 0.3 is 0 Å². The van der Waals surface area contributed by atoms with Gasteiger partial charge in [-0.3, -0.25) is 4.79 Å². The van der Waals surface area contributed by atoms with Crippen molar-refractivity contribution in [3.8, 4) is 5.75 Å². The van der Waals surface area contributed by atoms with Crippen LogP contribution in [0, 0.1) is 0 Å². The summed E-state index contributed by atoms with van der Waals surface area (Å²) in [6.07, 6.45) is 0.396. The average molecular weight is 308 g/mol. The van der Waals surface area contributed by atoms with Crippen LogP contribution in [0.1, 0.15) is 6.42 Å². The highest BCUT2D eigenvalue weighted by Crippen LogP contribution is 2.23. The van der Waals surface area contributed by atoms with Crippen LogP contribution >= 0.6 is 23.4 Å². The summed E-state index contributed by atoms with van der Waals surface area (Å²) in [6.45, 7) is 0. The van der Waals surface area contributed by atoms with E-state index < -0.39 is 0 Å². The van der Waals surface area contributed by atoms with Crippen molar-refractivity contribution in [2.75, 3.05) is 11.1 Å². The molecule has 5 heteroatoms. The molecular weight excluding hydrogens is 294 g/mol. The third-order valence-electron chi connectivity index (χ3n) is 2.52. The van der Waals surface area contributed by atoms with Gasteiger partial charge < -0.3 is 10.4 Å². The molecule has 0 saturated heterocycles. The number of halogens is 1. The molecule has 2 aromatic carbocycles. The van der Waals surface area contributed by atoms with Gasteiger partial charge in [-0.1, -0.05) is 23.7 Å². The van der Waals surface area contributed by atoms with Gasteiger partial charge in [0.1, 0.15) is 5.75 Å². The van der Waals surface area contributed by atoms with Crippen LogP contribution in [0.5, 0.6) is 5.75 Å². The molecule has 104 valence electrons. The van der Waals surface area contributed by atoms with Gasteiger partial charge in [-0.05, 0) is 36.4 Å². The summed E-state index contributed by atoms with van der Waals surface area (Å²) in [4.78, 5) is 12.7. The third-order valence-corrected chi connectivity index (χ3v) is 3.75. The summed E-state index contributed by atoms with van der Waals surface area (Å²) in [6, 6.07) is 14.0. The van der Waals surface area contributed by atoms with Crippen molar-refractivity contribution in [2.24, 2.45) is 0 Å². The number of benzene rings is 2. The normalized spacial score (nSPS) is 10.2. The number of amides is 1. The van der Waals surface area contributed by atoms with Gasteiger partial charge in [-0.2, -0.15) is 0 Å². The molecule has 0 spiro atoms. The molecule has 3 nitrogen and oxygen atoms in total. The van der Waals surface area contributed by atoms with Crippen molar-refractivity contribution in [3.63, 3.8) is 0 Å². The van der Waals surface area contributed by atoms with E-state index in [1.54, 1.807) is 42.5 Å². The monoisotopic (exact) mass is 307 g/mol. The number of nitrogens with one attached hydrogen (secondary N) is 1. The molecule has 0 aliphatic carbocycles. The van der Waals surface area contributed by atoms with E-state index in [4.69, 9.17) is 11.6 Å². The van der Waals surface area contributed by atoms with Crippen molar-refractivity contribution >= 4 is 35.0 Å². The highest BCUT2D eigenvalue weighted by atomic mass is 35.5. The summed E-state index contributed by atoms with van der Waals surface area (Å²) in [5.41, 5.74) is 0.699. The van der Waals surface area contributed by atoms with Crippen molar-refractivity contribution in [3.05, 3.63) is 53.6 Å². The molecule has 20 heavy (non-hydrogen) atoms. The van der Waals surface area contributed by atoms with Gasteiger partial charge in [0.15, 0.2) is 0 Å². The standard InChI is InChI=1S/C15H14ClNO2S/c16-11-3-1-4-12(9-11)17-15(19)7-8-20-14-6-2-5-13(18)10-14/h1-6,9-10,18H,7-8H2,(H,17,19). The SMILES string of the molecule is O=C(CCSc1cccc(O)c1)Nc1cccc(Cl)c1. The van der Waals surface area contributed by atoms with Gasteiger partial charge in [-0.15, -0.1) is 11.8 Å². The van der Waals surface area contributed by atoms with Crippen LogP contribution in [0.25, 0.3) is 0 Å². The lowest BCUT2D eigenvalue weighted by molar-refractivity contribution is -0.115. The first-order valence-electron chi connectivity index (χ1n) is 6.11. The van der Waals surface area contributed by atoms with Crippen LogP contribution < -0.4 is 5.32 Å². The van der Waals surface area contributed by atoms with Gasteiger partial charge in [0, 0.05) is 27.8 Å². The van der Waals surface area contributed by atoms with Crippen molar-refractivity contribution in [1.82, 2.24) is 0 Å². The number of thioether (sulfide) groups is 1. The third kappa shape index (κ3) is 4.79. The van der Waals surface area contributed by atoms with E-state index in [2.05, 4.69) is 5.32 Å². The second-order valence-corrected chi connectivity index (χ2v) is 5.76. The predicted molar refractivity (Wildman–Crippen MR) is 83.5 cm³/mol. The number of hydrogen-bond acceptors (Lipinski definition) is 3. The number of carbonyl (C=O) groups excluding carboxylic acids is 1. The van der Waals surface area contributed by atoms with Crippen LogP contribution in [0.15, 0.2) is 53.4 Å². The van der Waals surface area contributed by atoms with Crippen LogP contribution in [-0.2, 0) is 4.79 Å². The number of phenolic OH excluding ortho intramolecular Hbond substituents is 1. The number of rotatable bonds is 5. The molecule has 0 aromatic heterocycles.